The maximum Gasteiger partial charge on any atom is 0.140 e. The molecule has 4 heteroatoms. The Morgan fingerprint density at radius 3 is 2.44 bits per heavy atom. The third-order valence-corrected chi connectivity index (χ3v) is 2.83. The summed E-state index contributed by atoms with van der Waals surface area (Å²) in [6, 6.07) is 0. The fourth-order valence-corrected chi connectivity index (χ4v) is 2.53. The Kier molecular flexibility index (Phi) is 4.91. The lowest BCUT2D eigenvalue weighted by atomic mass is 9.82. The first-order valence-electron chi connectivity index (χ1n) is 6.85. The van der Waals surface area contributed by atoms with E-state index in [2.05, 4.69) is 56.9 Å². The summed E-state index contributed by atoms with van der Waals surface area (Å²) in [5, 5.41) is 7.84. The molecule has 0 amide bonds. The standard InChI is InChI=1S/C14H28N4/c1-7-8-18-12(15-11-17-18)9-16-14(5,6)10-13(2,3)4/h11,16H,7-10H2,1-6H3. The summed E-state index contributed by atoms with van der Waals surface area (Å²) in [5.41, 5.74) is 0.439. The molecule has 0 bridgehead atoms. The second-order valence-corrected chi connectivity index (χ2v) is 6.87. The van der Waals surface area contributed by atoms with E-state index in [4.69, 9.17) is 0 Å². The predicted octanol–water partition coefficient (Wildman–Crippen LogP) is 2.99. The highest BCUT2D eigenvalue weighted by molar-refractivity contribution is 4.89. The molecule has 18 heavy (non-hydrogen) atoms. The Labute approximate surface area is 111 Å². The van der Waals surface area contributed by atoms with Gasteiger partial charge in [-0.3, -0.25) is 0 Å². The Balaban J connectivity index is 2.56. The van der Waals surface area contributed by atoms with E-state index in [0.29, 0.717) is 5.41 Å². The van der Waals surface area contributed by atoms with Crippen LogP contribution in [0, 0.1) is 5.41 Å². The number of hydrogen-bond donors (Lipinski definition) is 1. The highest BCUT2D eigenvalue weighted by Gasteiger charge is 2.25. The smallest absolute Gasteiger partial charge is 0.140 e. The minimum absolute atomic E-state index is 0.112. The molecule has 0 radical (unpaired) electrons. The van der Waals surface area contributed by atoms with E-state index in [1.54, 1.807) is 6.33 Å². The number of hydrogen-bond acceptors (Lipinski definition) is 3. The summed E-state index contributed by atoms with van der Waals surface area (Å²) in [6.07, 6.45) is 3.85. The van der Waals surface area contributed by atoms with E-state index in [1.807, 2.05) is 4.68 Å². The molecule has 0 fully saturated rings. The van der Waals surface area contributed by atoms with Gasteiger partial charge in [0, 0.05) is 12.1 Å². The van der Waals surface area contributed by atoms with E-state index in [0.717, 1.165) is 31.8 Å². The van der Waals surface area contributed by atoms with Crippen LogP contribution in [0.2, 0.25) is 0 Å². The van der Waals surface area contributed by atoms with Crippen molar-refractivity contribution in [2.75, 3.05) is 0 Å². The van der Waals surface area contributed by atoms with Crippen LogP contribution in [0.25, 0.3) is 0 Å². The number of nitrogens with zero attached hydrogens (tertiary/aromatic N) is 3. The quantitative estimate of drug-likeness (QED) is 0.846. The fourth-order valence-electron chi connectivity index (χ4n) is 2.53. The summed E-state index contributed by atoms with van der Waals surface area (Å²) in [5.74, 6) is 1.03. The van der Waals surface area contributed by atoms with Gasteiger partial charge in [-0.15, -0.1) is 0 Å². The monoisotopic (exact) mass is 252 g/mol. The first-order valence-corrected chi connectivity index (χ1v) is 6.85. The first kappa shape index (κ1) is 15.2. The summed E-state index contributed by atoms with van der Waals surface area (Å²) in [4.78, 5) is 4.32. The molecular formula is C14H28N4. The lowest BCUT2D eigenvalue weighted by Crippen LogP contribution is -2.42. The van der Waals surface area contributed by atoms with Crippen LogP contribution < -0.4 is 5.32 Å². The minimum atomic E-state index is 0.112. The SMILES string of the molecule is CCCn1ncnc1CNC(C)(C)CC(C)(C)C. The molecule has 0 saturated heterocycles. The average Bonchev–Trinajstić information content (AvgIpc) is 2.59. The summed E-state index contributed by atoms with van der Waals surface area (Å²) in [6.45, 7) is 15.2. The normalized spacial score (nSPS) is 13.0. The van der Waals surface area contributed by atoms with E-state index in [1.165, 1.54) is 0 Å². The van der Waals surface area contributed by atoms with Gasteiger partial charge in [-0.25, -0.2) is 9.67 Å². The largest absolute Gasteiger partial charge is 0.305 e. The Morgan fingerprint density at radius 2 is 1.89 bits per heavy atom. The zero-order valence-corrected chi connectivity index (χ0v) is 12.7. The second kappa shape index (κ2) is 5.83. The van der Waals surface area contributed by atoms with Crippen LogP contribution in [0.5, 0.6) is 0 Å². The lowest BCUT2D eigenvalue weighted by Gasteiger charge is -2.33. The van der Waals surface area contributed by atoms with E-state index < -0.39 is 0 Å². The molecule has 1 heterocycles. The van der Waals surface area contributed by atoms with Crippen LogP contribution in [0.4, 0.5) is 0 Å². The van der Waals surface area contributed by atoms with Gasteiger partial charge in [0.25, 0.3) is 0 Å². The first-order chi connectivity index (χ1) is 8.23. The molecule has 0 spiro atoms. The molecule has 0 aliphatic rings. The van der Waals surface area contributed by atoms with Crippen LogP contribution in [0.1, 0.15) is 60.2 Å². The summed E-state index contributed by atoms with van der Waals surface area (Å²) < 4.78 is 1.99. The summed E-state index contributed by atoms with van der Waals surface area (Å²) >= 11 is 0. The molecule has 1 aromatic rings. The molecule has 1 N–H and O–H groups in total. The zero-order chi connectivity index (χ0) is 13.8. The molecular weight excluding hydrogens is 224 g/mol. The molecule has 0 saturated carbocycles. The van der Waals surface area contributed by atoms with Crippen LogP contribution in [0.3, 0.4) is 0 Å². The number of aryl methyl sites for hydroxylation is 1. The van der Waals surface area contributed by atoms with E-state index in [9.17, 15) is 0 Å². The molecule has 0 unspecified atom stereocenters. The van der Waals surface area contributed by atoms with Crippen molar-refractivity contribution in [2.24, 2.45) is 5.41 Å². The molecule has 0 aliphatic carbocycles. The van der Waals surface area contributed by atoms with Gasteiger partial charge in [0.2, 0.25) is 0 Å². The number of aromatic nitrogens is 3. The number of rotatable bonds is 6. The maximum absolute atomic E-state index is 4.32. The molecule has 0 aliphatic heterocycles. The van der Waals surface area contributed by atoms with Crippen molar-refractivity contribution >= 4 is 0 Å². The third kappa shape index (κ3) is 5.17. The van der Waals surface area contributed by atoms with Gasteiger partial charge < -0.3 is 5.32 Å². The zero-order valence-electron chi connectivity index (χ0n) is 12.7. The lowest BCUT2D eigenvalue weighted by molar-refractivity contribution is 0.238. The van der Waals surface area contributed by atoms with Gasteiger partial charge in [0.05, 0.1) is 6.54 Å². The maximum atomic E-state index is 4.32. The van der Waals surface area contributed by atoms with E-state index in [-0.39, 0.29) is 5.54 Å². The van der Waals surface area contributed by atoms with Gasteiger partial charge in [-0.1, -0.05) is 27.7 Å². The van der Waals surface area contributed by atoms with Crippen molar-refractivity contribution in [3.8, 4) is 0 Å². The van der Waals surface area contributed by atoms with Crippen molar-refractivity contribution in [2.45, 2.75) is 73.0 Å². The van der Waals surface area contributed by atoms with Gasteiger partial charge in [-0.2, -0.15) is 5.10 Å². The van der Waals surface area contributed by atoms with Gasteiger partial charge in [0.1, 0.15) is 12.2 Å². The number of nitrogens with one attached hydrogen (secondary N) is 1. The van der Waals surface area contributed by atoms with Gasteiger partial charge in [0.15, 0.2) is 0 Å². The Hall–Kier alpha value is -0.900. The Bertz CT molecular complexity index is 360. The van der Waals surface area contributed by atoms with Crippen LogP contribution in [0.15, 0.2) is 6.33 Å². The van der Waals surface area contributed by atoms with Crippen molar-refractivity contribution in [3.63, 3.8) is 0 Å². The average molecular weight is 252 g/mol. The highest BCUT2D eigenvalue weighted by atomic mass is 15.3. The molecule has 0 aromatic carbocycles. The van der Waals surface area contributed by atoms with Gasteiger partial charge in [-0.05, 0) is 32.1 Å². The van der Waals surface area contributed by atoms with Crippen molar-refractivity contribution in [3.05, 3.63) is 12.2 Å². The second-order valence-electron chi connectivity index (χ2n) is 6.87. The predicted molar refractivity (Wildman–Crippen MR) is 75.3 cm³/mol. The molecule has 104 valence electrons. The van der Waals surface area contributed by atoms with E-state index >= 15 is 0 Å². The van der Waals surface area contributed by atoms with Crippen LogP contribution in [-0.4, -0.2) is 20.3 Å². The summed E-state index contributed by atoms with van der Waals surface area (Å²) in [7, 11) is 0. The third-order valence-electron chi connectivity index (χ3n) is 2.83. The highest BCUT2D eigenvalue weighted by Crippen LogP contribution is 2.26. The minimum Gasteiger partial charge on any atom is -0.305 e. The molecule has 0 atom stereocenters. The van der Waals surface area contributed by atoms with Crippen molar-refractivity contribution < 1.29 is 0 Å². The molecule has 1 rings (SSSR count). The van der Waals surface area contributed by atoms with Crippen molar-refractivity contribution in [1.29, 1.82) is 0 Å². The fraction of sp³-hybridized carbons (Fsp3) is 0.857. The van der Waals surface area contributed by atoms with Crippen LogP contribution in [-0.2, 0) is 13.1 Å². The Morgan fingerprint density at radius 1 is 1.22 bits per heavy atom. The van der Waals surface area contributed by atoms with Crippen molar-refractivity contribution in [1.82, 2.24) is 20.1 Å². The molecule has 4 nitrogen and oxygen atoms in total. The van der Waals surface area contributed by atoms with Crippen LogP contribution >= 0.6 is 0 Å². The van der Waals surface area contributed by atoms with Gasteiger partial charge >= 0.3 is 0 Å². The molecule has 1 aromatic heterocycles. The topological polar surface area (TPSA) is 42.7 Å².